The predicted octanol–water partition coefficient (Wildman–Crippen LogP) is 3.63. The van der Waals surface area contributed by atoms with E-state index in [2.05, 4.69) is 55.0 Å². The summed E-state index contributed by atoms with van der Waals surface area (Å²) in [6.45, 7) is 11.8. The number of nitrogens with one attached hydrogen (secondary N) is 2. The van der Waals surface area contributed by atoms with Crippen LogP contribution in [0.5, 0.6) is 0 Å². The highest BCUT2D eigenvalue weighted by molar-refractivity contribution is 5.92. The molecule has 0 bridgehead atoms. The van der Waals surface area contributed by atoms with E-state index in [9.17, 15) is 4.79 Å². The summed E-state index contributed by atoms with van der Waals surface area (Å²) in [4.78, 5) is 18.6. The lowest BCUT2D eigenvalue weighted by Gasteiger charge is -2.23. The molecular formula is C21H31N3O. The molecule has 2 heterocycles. The molecule has 136 valence electrons. The van der Waals surface area contributed by atoms with E-state index < -0.39 is 0 Å². The van der Waals surface area contributed by atoms with Crippen molar-refractivity contribution in [3.05, 3.63) is 34.5 Å². The number of aromatic amines is 1. The largest absolute Gasteiger partial charge is 0.358 e. The van der Waals surface area contributed by atoms with Crippen molar-refractivity contribution in [3.63, 3.8) is 0 Å². The molecule has 1 fully saturated rings. The molecule has 4 nitrogen and oxygen atoms in total. The molecule has 25 heavy (non-hydrogen) atoms. The number of likely N-dealkylation sites (tertiary alicyclic amines) is 1. The van der Waals surface area contributed by atoms with Crippen molar-refractivity contribution in [1.82, 2.24) is 15.2 Å². The third-order valence-corrected chi connectivity index (χ3v) is 5.70. The number of benzene rings is 1. The Morgan fingerprint density at radius 2 is 1.96 bits per heavy atom. The summed E-state index contributed by atoms with van der Waals surface area (Å²) in [6, 6.07) is 4.54. The van der Waals surface area contributed by atoms with Crippen LogP contribution in [0.4, 0.5) is 0 Å². The number of amides is 1. The van der Waals surface area contributed by atoms with Crippen LogP contribution < -0.4 is 5.32 Å². The van der Waals surface area contributed by atoms with Crippen LogP contribution in [0.2, 0.25) is 0 Å². The zero-order valence-corrected chi connectivity index (χ0v) is 16.0. The number of aromatic nitrogens is 1. The Kier molecular flexibility index (Phi) is 5.48. The van der Waals surface area contributed by atoms with Gasteiger partial charge in [0.1, 0.15) is 0 Å². The average molecular weight is 341 g/mol. The third-order valence-electron chi connectivity index (χ3n) is 5.70. The molecule has 0 saturated carbocycles. The minimum atomic E-state index is 0.133. The highest BCUT2D eigenvalue weighted by Gasteiger charge is 2.19. The van der Waals surface area contributed by atoms with E-state index in [-0.39, 0.29) is 11.9 Å². The molecule has 1 aromatic carbocycles. The Morgan fingerprint density at radius 3 is 2.64 bits per heavy atom. The van der Waals surface area contributed by atoms with Crippen LogP contribution in [-0.2, 0) is 11.2 Å². The second-order valence-electron chi connectivity index (χ2n) is 7.52. The minimum absolute atomic E-state index is 0.133. The first-order valence-corrected chi connectivity index (χ1v) is 9.58. The van der Waals surface area contributed by atoms with Crippen molar-refractivity contribution in [2.24, 2.45) is 0 Å². The van der Waals surface area contributed by atoms with Gasteiger partial charge in [-0.15, -0.1) is 0 Å². The van der Waals surface area contributed by atoms with Gasteiger partial charge in [0.15, 0.2) is 0 Å². The van der Waals surface area contributed by atoms with E-state index in [0.29, 0.717) is 6.42 Å². The van der Waals surface area contributed by atoms with Crippen molar-refractivity contribution in [1.29, 1.82) is 0 Å². The molecule has 0 spiro atoms. The molecule has 2 N–H and O–H groups in total. The summed E-state index contributed by atoms with van der Waals surface area (Å²) in [5.41, 5.74) is 5.96. The summed E-state index contributed by atoms with van der Waals surface area (Å²) in [5, 5.41) is 4.44. The van der Waals surface area contributed by atoms with E-state index in [0.717, 1.165) is 24.2 Å². The van der Waals surface area contributed by atoms with E-state index in [1.54, 1.807) is 0 Å². The van der Waals surface area contributed by atoms with E-state index >= 15 is 0 Å². The van der Waals surface area contributed by atoms with Crippen LogP contribution >= 0.6 is 0 Å². The molecule has 1 amide bonds. The molecule has 2 aromatic rings. The molecule has 1 aliphatic heterocycles. The van der Waals surface area contributed by atoms with Crippen LogP contribution in [0.15, 0.2) is 12.1 Å². The number of carbonyl (C=O) groups is 1. The van der Waals surface area contributed by atoms with Crippen LogP contribution in [0.25, 0.3) is 10.9 Å². The summed E-state index contributed by atoms with van der Waals surface area (Å²) >= 11 is 0. The zero-order valence-electron chi connectivity index (χ0n) is 16.0. The average Bonchev–Trinajstić information content (AvgIpc) is 3.19. The smallest absolute Gasteiger partial charge is 0.224 e. The van der Waals surface area contributed by atoms with E-state index in [1.165, 1.54) is 48.0 Å². The van der Waals surface area contributed by atoms with Gasteiger partial charge in [0, 0.05) is 29.2 Å². The topological polar surface area (TPSA) is 48.1 Å². The van der Waals surface area contributed by atoms with Crippen LogP contribution in [0, 0.1) is 20.8 Å². The fourth-order valence-corrected chi connectivity index (χ4v) is 3.91. The van der Waals surface area contributed by atoms with Gasteiger partial charge in [0.2, 0.25) is 5.91 Å². The summed E-state index contributed by atoms with van der Waals surface area (Å²) in [6.07, 6.45) is 4.01. The van der Waals surface area contributed by atoms with Gasteiger partial charge >= 0.3 is 0 Å². The van der Waals surface area contributed by atoms with Crippen molar-refractivity contribution < 1.29 is 4.79 Å². The zero-order chi connectivity index (χ0) is 18.0. The fraction of sp³-hybridized carbons (Fsp3) is 0.571. The molecule has 4 heteroatoms. The second kappa shape index (κ2) is 7.61. The van der Waals surface area contributed by atoms with Crippen LogP contribution in [0.1, 0.15) is 48.6 Å². The SMILES string of the molecule is CCC(CN1CCCC1)NC(=O)Cc1c(C)[nH]c2c(C)c(C)ccc12. The van der Waals surface area contributed by atoms with E-state index in [1.807, 2.05) is 0 Å². The highest BCUT2D eigenvalue weighted by Crippen LogP contribution is 2.27. The van der Waals surface area contributed by atoms with Gasteiger partial charge in [-0.05, 0) is 69.8 Å². The molecule has 3 rings (SSSR count). The number of nitrogens with zero attached hydrogens (tertiary/aromatic N) is 1. The van der Waals surface area contributed by atoms with Crippen LogP contribution in [0.3, 0.4) is 0 Å². The molecule has 1 atom stereocenters. The molecule has 1 aliphatic rings. The lowest BCUT2D eigenvalue weighted by molar-refractivity contribution is -0.121. The first-order chi connectivity index (χ1) is 12.0. The summed E-state index contributed by atoms with van der Waals surface area (Å²) in [7, 11) is 0. The van der Waals surface area contributed by atoms with Gasteiger partial charge in [-0.3, -0.25) is 4.79 Å². The maximum Gasteiger partial charge on any atom is 0.224 e. The first-order valence-electron chi connectivity index (χ1n) is 9.58. The van der Waals surface area contributed by atoms with Crippen LogP contribution in [-0.4, -0.2) is 41.5 Å². The third kappa shape index (κ3) is 3.90. The molecule has 0 radical (unpaired) electrons. The Balaban J connectivity index is 1.71. The Hall–Kier alpha value is -1.81. The lowest BCUT2D eigenvalue weighted by Crippen LogP contribution is -2.43. The number of H-pyrrole nitrogens is 1. The van der Waals surface area contributed by atoms with Crippen molar-refractivity contribution in [2.45, 2.75) is 59.4 Å². The first kappa shape index (κ1) is 18.0. The number of rotatable bonds is 6. The van der Waals surface area contributed by atoms with Crippen molar-refractivity contribution in [2.75, 3.05) is 19.6 Å². The maximum atomic E-state index is 12.7. The highest BCUT2D eigenvalue weighted by atomic mass is 16.1. The number of hydrogen-bond donors (Lipinski definition) is 2. The second-order valence-corrected chi connectivity index (χ2v) is 7.52. The van der Waals surface area contributed by atoms with Crippen molar-refractivity contribution in [3.8, 4) is 0 Å². The van der Waals surface area contributed by atoms with Gasteiger partial charge in [-0.25, -0.2) is 0 Å². The maximum absolute atomic E-state index is 12.7. The van der Waals surface area contributed by atoms with Gasteiger partial charge in [-0.2, -0.15) is 0 Å². The predicted molar refractivity (Wildman–Crippen MR) is 104 cm³/mol. The molecule has 1 aromatic heterocycles. The molecule has 0 aliphatic carbocycles. The monoisotopic (exact) mass is 341 g/mol. The number of fused-ring (bicyclic) bond motifs is 1. The molecule has 1 saturated heterocycles. The Labute approximate surface area is 151 Å². The summed E-state index contributed by atoms with van der Waals surface area (Å²) < 4.78 is 0. The van der Waals surface area contributed by atoms with Gasteiger partial charge < -0.3 is 15.2 Å². The number of hydrogen-bond acceptors (Lipinski definition) is 2. The number of aryl methyl sites for hydroxylation is 3. The van der Waals surface area contributed by atoms with Gasteiger partial charge in [-0.1, -0.05) is 19.1 Å². The quantitative estimate of drug-likeness (QED) is 0.843. The van der Waals surface area contributed by atoms with E-state index in [4.69, 9.17) is 0 Å². The normalized spacial score (nSPS) is 16.5. The fourth-order valence-electron chi connectivity index (χ4n) is 3.91. The standard InChI is InChI=1S/C21H31N3O/c1-5-17(13-24-10-6-7-11-24)23-20(25)12-19-16(4)22-21-15(3)14(2)8-9-18(19)21/h8-9,17,22H,5-7,10-13H2,1-4H3,(H,23,25). The molecular weight excluding hydrogens is 310 g/mol. The van der Waals surface area contributed by atoms with Gasteiger partial charge in [0.25, 0.3) is 0 Å². The summed E-state index contributed by atoms with van der Waals surface area (Å²) in [5.74, 6) is 0.133. The molecule has 1 unspecified atom stereocenters. The van der Waals surface area contributed by atoms with Gasteiger partial charge in [0.05, 0.1) is 6.42 Å². The Bertz CT molecular complexity index is 756. The minimum Gasteiger partial charge on any atom is -0.358 e. The number of carbonyl (C=O) groups excluding carboxylic acids is 1. The van der Waals surface area contributed by atoms with Crippen molar-refractivity contribution >= 4 is 16.8 Å². The lowest BCUT2D eigenvalue weighted by atomic mass is 10.0. The Morgan fingerprint density at radius 1 is 1.24 bits per heavy atom.